The number of hydrogen-bond donors (Lipinski definition) is 2. The second kappa shape index (κ2) is 7.79. The Bertz CT molecular complexity index is 910. The lowest BCUT2D eigenvalue weighted by Crippen LogP contribution is -2.43. The Morgan fingerprint density at radius 3 is 1.96 bits per heavy atom. The maximum Gasteiger partial charge on any atom is 0.159 e. The maximum absolute atomic E-state index is 12.3. The lowest BCUT2D eigenvalue weighted by molar-refractivity contribution is -0.114. The van der Waals surface area contributed by atoms with E-state index in [2.05, 4.69) is 10.6 Å². The zero-order valence-electron chi connectivity index (χ0n) is 14.0. The molecule has 0 radical (unpaired) electrons. The number of nitrogens with one attached hydrogen (secondary N) is 2. The molecule has 1 heterocycles. The van der Waals surface area contributed by atoms with Crippen LogP contribution in [-0.2, 0) is 4.79 Å². The van der Waals surface area contributed by atoms with Crippen LogP contribution in [-0.4, -0.2) is 5.78 Å². The van der Waals surface area contributed by atoms with Crippen LogP contribution in [0.1, 0.15) is 37.2 Å². The van der Waals surface area contributed by atoms with Gasteiger partial charge in [0, 0.05) is 11.3 Å². The fraction of sp³-hybridized carbons (Fsp3) is 0.211. The van der Waals surface area contributed by atoms with E-state index in [1.807, 2.05) is 19.1 Å². The number of benzene rings is 2. The summed E-state index contributed by atoms with van der Waals surface area (Å²) in [5.41, 5.74) is 3.21. The Morgan fingerprint density at radius 2 is 1.42 bits per heavy atom. The van der Waals surface area contributed by atoms with E-state index in [0.717, 1.165) is 16.8 Å². The van der Waals surface area contributed by atoms with Crippen molar-refractivity contribution in [2.75, 3.05) is 0 Å². The van der Waals surface area contributed by atoms with Gasteiger partial charge in [-0.25, -0.2) is 0 Å². The van der Waals surface area contributed by atoms with E-state index in [0.29, 0.717) is 25.7 Å². The predicted molar refractivity (Wildman–Crippen MR) is 108 cm³/mol. The molecule has 1 aliphatic heterocycles. The minimum atomic E-state index is -0.331. The van der Waals surface area contributed by atoms with E-state index in [4.69, 9.17) is 46.4 Å². The van der Waals surface area contributed by atoms with Gasteiger partial charge in [-0.2, -0.15) is 0 Å². The van der Waals surface area contributed by atoms with Crippen molar-refractivity contribution in [3.05, 3.63) is 78.9 Å². The third-order valence-electron chi connectivity index (χ3n) is 4.32. The Morgan fingerprint density at radius 1 is 0.885 bits per heavy atom. The maximum atomic E-state index is 12.3. The number of hydrogen-bond acceptors (Lipinski definition) is 3. The fourth-order valence-corrected chi connectivity index (χ4v) is 3.71. The van der Waals surface area contributed by atoms with Gasteiger partial charge in [-0.3, -0.25) is 10.1 Å². The molecule has 0 saturated heterocycles. The Kier molecular flexibility index (Phi) is 5.85. The number of rotatable bonds is 3. The molecule has 26 heavy (non-hydrogen) atoms. The highest BCUT2D eigenvalue weighted by molar-refractivity contribution is 6.42. The molecule has 0 amide bonds. The van der Waals surface area contributed by atoms with Crippen molar-refractivity contribution in [3.8, 4) is 0 Å². The summed E-state index contributed by atoms with van der Waals surface area (Å²) < 4.78 is 0. The molecule has 0 bridgehead atoms. The largest absolute Gasteiger partial charge is 0.369 e. The van der Waals surface area contributed by atoms with E-state index in [1.54, 1.807) is 31.2 Å². The third kappa shape index (κ3) is 3.88. The van der Waals surface area contributed by atoms with E-state index in [1.165, 1.54) is 0 Å². The summed E-state index contributed by atoms with van der Waals surface area (Å²) in [5, 5.41) is 8.64. The molecule has 1 aliphatic rings. The van der Waals surface area contributed by atoms with Crippen molar-refractivity contribution in [3.63, 3.8) is 0 Å². The molecule has 2 aromatic carbocycles. The van der Waals surface area contributed by atoms with Crippen LogP contribution in [0, 0.1) is 0 Å². The second-order valence-corrected chi connectivity index (χ2v) is 7.75. The minimum Gasteiger partial charge on any atom is -0.369 e. The van der Waals surface area contributed by atoms with Crippen molar-refractivity contribution in [2.45, 2.75) is 26.1 Å². The van der Waals surface area contributed by atoms with Gasteiger partial charge in [0.25, 0.3) is 0 Å². The topological polar surface area (TPSA) is 41.1 Å². The van der Waals surface area contributed by atoms with Crippen LogP contribution in [0.15, 0.2) is 47.7 Å². The summed E-state index contributed by atoms with van der Waals surface area (Å²) in [5.74, 6) is -0.0221. The monoisotopic (exact) mass is 428 g/mol. The van der Waals surface area contributed by atoms with Crippen LogP contribution in [0.25, 0.3) is 0 Å². The first-order valence-electron chi connectivity index (χ1n) is 7.92. The fourth-order valence-electron chi connectivity index (χ4n) is 3.10. The van der Waals surface area contributed by atoms with Gasteiger partial charge in [0.1, 0.15) is 6.17 Å². The number of carbonyl (C=O) groups is 1. The van der Waals surface area contributed by atoms with Gasteiger partial charge in [0.15, 0.2) is 5.78 Å². The average Bonchev–Trinajstić information content (AvgIpc) is 2.58. The van der Waals surface area contributed by atoms with E-state index < -0.39 is 0 Å². The Hall–Kier alpha value is -1.23. The van der Waals surface area contributed by atoms with Gasteiger partial charge >= 0.3 is 0 Å². The molecule has 0 fully saturated rings. The smallest absolute Gasteiger partial charge is 0.159 e. The molecule has 0 unspecified atom stereocenters. The summed E-state index contributed by atoms with van der Waals surface area (Å²) in [6, 6.07) is 10.5. The number of allylic oxidation sites excluding steroid dienone is 1. The zero-order chi connectivity index (χ0) is 19.0. The number of Topliss-reactive ketones (excluding diaryl/α,β-unsaturated/α-hetero) is 1. The highest BCUT2D eigenvalue weighted by atomic mass is 35.5. The van der Waals surface area contributed by atoms with Gasteiger partial charge in [0.2, 0.25) is 0 Å². The zero-order valence-corrected chi connectivity index (χ0v) is 17.1. The van der Waals surface area contributed by atoms with Crippen molar-refractivity contribution < 1.29 is 4.79 Å². The number of ketones is 1. The van der Waals surface area contributed by atoms with Gasteiger partial charge in [-0.1, -0.05) is 58.5 Å². The minimum absolute atomic E-state index is 0.0221. The molecule has 0 saturated carbocycles. The van der Waals surface area contributed by atoms with Crippen molar-refractivity contribution >= 4 is 52.2 Å². The molecule has 2 N–H and O–H groups in total. The van der Waals surface area contributed by atoms with Crippen LogP contribution in [0.4, 0.5) is 0 Å². The standard InChI is InChI=1S/C19H16Cl4N2O/c1-9-17(10(2)26)18(11-3-5-13(20)15(22)7-11)25-19(24-9)12-4-6-14(21)16(23)8-12/h3-8,18-19,24-25H,1-2H3/t18-,19-/m0/s1. The van der Waals surface area contributed by atoms with E-state index >= 15 is 0 Å². The van der Waals surface area contributed by atoms with Gasteiger partial charge in [-0.05, 0) is 49.2 Å². The number of carbonyl (C=O) groups excluding carboxylic acids is 1. The Labute approximate surface area is 172 Å². The molecule has 136 valence electrons. The van der Waals surface area contributed by atoms with Crippen LogP contribution in [0.5, 0.6) is 0 Å². The summed E-state index contributed by atoms with van der Waals surface area (Å²) in [7, 11) is 0. The molecule has 0 aliphatic carbocycles. The summed E-state index contributed by atoms with van der Waals surface area (Å²) in [6.45, 7) is 3.43. The molecule has 3 nitrogen and oxygen atoms in total. The molecule has 2 aromatic rings. The summed E-state index contributed by atoms with van der Waals surface area (Å²) in [6.07, 6.45) is -0.243. The van der Waals surface area contributed by atoms with E-state index in [-0.39, 0.29) is 18.0 Å². The summed E-state index contributed by atoms with van der Waals surface area (Å²) >= 11 is 24.4. The third-order valence-corrected chi connectivity index (χ3v) is 5.80. The molecule has 3 rings (SSSR count). The highest BCUT2D eigenvalue weighted by Crippen LogP contribution is 2.35. The first-order chi connectivity index (χ1) is 12.3. The van der Waals surface area contributed by atoms with Gasteiger partial charge < -0.3 is 5.32 Å². The molecular formula is C19H16Cl4N2O. The van der Waals surface area contributed by atoms with E-state index in [9.17, 15) is 4.79 Å². The second-order valence-electron chi connectivity index (χ2n) is 6.12. The molecular weight excluding hydrogens is 414 g/mol. The summed E-state index contributed by atoms with van der Waals surface area (Å²) in [4.78, 5) is 12.3. The van der Waals surface area contributed by atoms with Crippen LogP contribution >= 0.6 is 46.4 Å². The first-order valence-corrected chi connectivity index (χ1v) is 9.43. The quantitative estimate of drug-likeness (QED) is 0.619. The lowest BCUT2D eigenvalue weighted by atomic mass is 9.91. The number of halogens is 4. The molecule has 2 atom stereocenters. The molecule has 7 heteroatoms. The lowest BCUT2D eigenvalue weighted by Gasteiger charge is -2.35. The normalized spacial score (nSPS) is 20.1. The van der Waals surface area contributed by atoms with Crippen LogP contribution < -0.4 is 10.6 Å². The van der Waals surface area contributed by atoms with Crippen molar-refractivity contribution in [2.24, 2.45) is 0 Å². The van der Waals surface area contributed by atoms with Crippen LogP contribution in [0.3, 0.4) is 0 Å². The van der Waals surface area contributed by atoms with Crippen molar-refractivity contribution in [1.82, 2.24) is 10.6 Å². The van der Waals surface area contributed by atoms with Gasteiger partial charge in [-0.15, -0.1) is 0 Å². The average molecular weight is 430 g/mol. The first kappa shape index (κ1) is 19.5. The van der Waals surface area contributed by atoms with Gasteiger partial charge in [0.05, 0.1) is 26.1 Å². The Balaban J connectivity index is 2.05. The highest BCUT2D eigenvalue weighted by Gasteiger charge is 2.31. The SMILES string of the molecule is CC(=O)C1=C(C)N[C@H](c2ccc(Cl)c(Cl)c2)N[C@H]1c1ccc(Cl)c(Cl)c1. The van der Waals surface area contributed by atoms with Crippen molar-refractivity contribution in [1.29, 1.82) is 0 Å². The van der Waals surface area contributed by atoms with Crippen LogP contribution in [0.2, 0.25) is 20.1 Å². The molecule has 0 spiro atoms. The predicted octanol–water partition coefficient (Wildman–Crippen LogP) is 6.10. The molecule has 0 aromatic heterocycles.